The molecule has 2 rings (SSSR count). The fraction of sp³-hybridized carbons (Fsp3) is 0.188. The van der Waals surface area contributed by atoms with E-state index < -0.39 is 0 Å². The maximum Gasteiger partial charge on any atom is 0.201 e. The molecule has 21 heavy (non-hydrogen) atoms. The molecule has 2 aromatic rings. The van der Waals surface area contributed by atoms with Gasteiger partial charge in [-0.25, -0.2) is 0 Å². The second-order valence-electron chi connectivity index (χ2n) is 4.24. The Morgan fingerprint density at radius 2 is 1.76 bits per heavy atom. The molecule has 3 nitrogen and oxygen atoms in total. The van der Waals surface area contributed by atoms with Crippen molar-refractivity contribution < 1.29 is 14.3 Å². The highest BCUT2D eigenvalue weighted by atomic mass is 35.5. The molecule has 0 atom stereocenters. The van der Waals surface area contributed by atoms with Crippen molar-refractivity contribution in [3.8, 4) is 11.5 Å². The number of Topliss-reactive ketones (excluding diaryl/α,β-unsaturated/α-hetero) is 1. The first-order valence-corrected chi connectivity index (χ1v) is 7.19. The fourth-order valence-corrected chi connectivity index (χ4v) is 2.15. The van der Waals surface area contributed by atoms with E-state index in [4.69, 9.17) is 32.7 Å². The van der Waals surface area contributed by atoms with Gasteiger partial charge in [0, 0.05) is 16.7 Å². The van der Waals surface area contributed by atoms with E-state index >= 15 is 0 Å². The minimum Gasteiger partial charge on any atom is -0.494 e. The summed E-state index contributed by atoms with van der Waals surface area (Å²) < 4.78 is 10.8. The van der Waals surface area contributed by atoms with Gasteiger partial charge in [0.15, 0.2) is 6.61 Å². The number of hydrogen-bond donors (Lipinski definition) is 0. The van der Waals surface area contributed by atoms with E-state index in [-0.39, 0.29) is 12.4 Å². The van der Waals surface area contributed by atoms with Crippen molar-refractivity contribution in [2.45, 2.75) is 6.92 Å². The highest BCUT2D eigenvalue weighted by Gasteiger charge is 2.12. The fourth-order valence-electron chi connectivity index (χ4n) is 1.76. The van der Waals surface area contributed by atoms with Gasteiger partial charge in [0.05, 0.1) is 11.6 Å². The Kier molecular flexibility index (Phi) is 5.48. The van der Waals surface area contributed by atoms with Crippen LogP contribution in [0.2, 0.25) is 10.0 Å². The number of carbonyl (C=O) groups is 1. The summed E-state index contributed by atoms with van der Waals surface area (Å²) in [6.45, 7) is 2.36. The van der Waals surface area contributed by atoms with Gasteiger partial charge in [-0.1, -0.05) is 29.3 Å². The van der Waals surface area contributed by atoms with Crippen molar-refractivity contribution in [1.29, 1.82) is 0 Å². The maximum atomic E-state index is 12.1. The van der Waals surface area contributed by atoms with Gasteiger partial charge in [-0.2, -0.15) is 0 Å². The third kappa shape index (κ3) is 4.38. The van der Waals surface area contributed by atoms with Crippen LogP contribution in [0.3, 0.4) is 0 Å². The Hall–Kier alpha value is -1.71. The Balaban J connectivity index is 2.04. The molecule has 0 saturated heterocycles. The number of benzene rings is 2. The third-order valence-corrected chi connectivity index (χ3v) is 3.28. The van der Waals surface area contributed by atoms with Gasteiger partial charge in [-0.15, -0.1) is 0 Å². The van der Waals surface area contributed by atoms with Crippen molar-refractivity contribution in [2.24, 2.45) is 0 Å². The zero-order valence-electron chi connectivity index (χ0n) is 11.4. The Morgan fingerprint density at radius 1 is 1.05 bits per heavy atom. The van der Waals surface area contributed by atoms with Crippen molar-refractivity contribution >= 4 is 29.0 Å². The molecule has 0 heterocycles. The minimum atomic E-state index is -0.232. The summed E-state index contributed by atoms with van der Waals surface area (Å²) in [4.78, 5) is 12.1. The van der Waals surface area contributed by atoms with Crippen molar-refractivity contribution in [3.63, 3.8) is 0 Å². The Labute approximate surface area is 133 Å². The summed E-state index contributed by atoms with van der Waals surface area (Å²) in [7, 11) is 0. The van der Waals surface area contributed by atoms with Crippen LogP contribution in [-0.2, 0) is 0 Å². The topological polar surface area (TPSA) is 35.5 Å². The van der Waals surface area contributed by atoms with Gasteiger partial charge in [-0.05, 0) is 37.3 Å². The van der Waals surface area contributed by atoms with Crippen LogP contribution in [0.15, 0.2) is 42.5 Å². The smallest absolute Gasteiger partial charge is 0.201 e. The Morgan fingerprint density at radius 3 is 2.48 bits per heavy atom. The number of halogens is 2. The summed E-state index contributed by atoms with van der Waals surface area (Å²) in [5.41, 5.74) is 0.352. The molecule has 110 valence electrons. The molecule has 0 unspecified atom stereocenters. The molecule has 0 aliphatic rings. The summed E-state index contributed by atoms with van der Waals surface area (Å²) >= 11 is 11.8. The second-order valence-corrected chi connectivity index (χ2v) is 5.09. The van der Waals surface area contributed by atoms with Crippen molar-refractivity contribution in [3.05, 3.63) is 58.1 Å². The molecular formula is C16H14Cl2O3. The number of rotatable bonds is 6. The van der Waals surface area contributed by atoms with E-state index in [0.29, 0.717) is 33.7 Å². The van der Waals surface area contributed by atoms with Crippen molar-refractivity contribution in [2.75, 3.05) is 13.2 Å². The van der Waals surface area contributed by atoms with E-state index in [2.05, 4.69) is 0 Å². The SMILES string of the molecule is CCOc1cccc(OCC(=O)c2cc(Cl)ccc2Cl)c1. The first kappa shape index (κ1) is 15.7. The lowest BCUT2D eigenvalue weighted by molar-refractivity contribution is 0.0921. The van der Waals surface area contributed by atoms with E-state index in [1.54, 1.807) is 30.3 Å². The lowest BCUT2D eigenvalue weighted by Crippen LogP contribution is -2.12. The van der Waals surface area contributed by atoms with E-state index in [0.717, 1.165) is 0 Å². The van der Waals surface area contributed by atoms with Gasteiger partial charge in [-0.3, -0.25) is 4.79 Å². The molecule has 0 bridgehead atoms. The first-order chi connectivity index (χ1) is 10.1. The van der Waals surface area contributed by atoms with Crippen LogP contribution in [0.1, 0.15) is 17.3 Å². The quantitative estimate of drug-likeness (QED) is 0.725. The average Bonchev–Trinajstić information content (AvgIpc) is 2.48. The summed E-state index contributed by atoms with van der Waals surface area (Å²) in [5.74, 6) is 1.03. The summed E-state index contributed by atoms with van der Waals surface area (Å²) in [6, 6.07) is 11.9. The van der Waals surface area contributed by atoms with Crippen LogP contribution in [0.4, 0.5) is 0 Å². The van der Waals surface area contributed by atoms with Crippen LogP contribution in [0.25, 0.3) is 0 Å². The average molecular weight is 325 g/mol. The van der Waals surface area contributed by atoms with Gasteiger partial charge in [0.2, 0.25) is 5.78 Å². The molecule has 0 aromatic heterocycles. The summed E-state index contributed by atoms with van der Waals surface area (Å²) in [6.07, 6.45) is 0. The van der Waals surface area contributed by atoms with Crippen LogP contribution in [0.5, 0.6) is 11.5 Å². The molecule has 0 spiro atoms. The number of ketones is 1. The molecule has 2 aromatic carbocycles. The molecular weight excluding hydrogens is 311 g/mol. The van der Waals surface area contributed by atoms with E-state index in [9.17, 15) is 4.79 Å². The molecule has 0 N–H and O–H groups in total. The molecule has 0 aliphatic carbocycles. The van der Waals surface area contributed by atoms with Gasteiger partial charge in [0.1, 0.15) is 11.5 Å². The predicted octanol–water partition coefficient (Wildman–Crippen LogP) is 4.65. The lowest BCUT2D eigenvalue weighted by Gasteiger charge is -2.09. The highest BCUT2D eigenvalue weighted by molar-refractivity contribution is 6.35. The normalized spacial score (nSPS) is 10.2. The van der Waals surface area contributed by atoms with Crippen LogP contribution in [0, 0.1) is 0 Å². The van der Waals surface area contributed by atoms with Gasteiger partial charge < -0.3 is 9.47 Å². The number of hydrogen-bond acceptors (Lipinski definition) is 3. The van der Waals surface area contributed by atoms with Gasteiger partial charge >= 0.3 is 0 Å². The van der Waals surface area contributed by atoms with Crippen molar-refractivity contribution in [1.82, 2.24) is 0 Å². The van der Waals surface area contributed by atoms with Crippen LogP contribution < -0.4 is 9.47 Å². The number of ether oxygens (including phenoxy) is 2. The third-order valence-electron chi connectivity index (χ3n) is 2.72. The lowest BCUT2D eigenvalue weighted by atomic mass is 10.1. The van der Waals surface area contributed by atoms with E-state index in [1.165, 1.54) is 6.07 Å². The number of carbonyl (C=O) groups excluding carboxylic acids is 1. The maximum absolute atomic E-state index is 12.1. The predicted molar refractivity (Wildman–Crippen MR) is 83.9 cm³/mol. The molecule has 0 amide bonds. The molecule has 0 saturated carbocycles. The van der Waals surface area contributed by atoms with Crippen LogP contribution in [-0.4, -0.2) is 19.0 Å². The van der Waals surface area contributed by atoms with Gasteiger partial charge in [0.25, 0.3) is 0 Å². The zero-order chi connectivity index (χ0) is 15.2. The van der Waals surface area contributed by atoms with Crippen LogP contribution >= 0.6 is 23.2 Å². The monoisotopic (exact) mass is 324 g/mol. The minimum absolute atomic E-state index is 0.115. The summed E-state index contributed by atoms with van der Waals surface area (Å²) in [5, 5.41) is 0.817. The second kappa shape index (κ2) is 7.34. The standard InChI is InChI=1S/C16H14Cl2O3/c1-2-20-12-4-3-5-13(9-12)21-10-16(19)14-8-11(17)6-7-15(14)18/h3-9H,2,10H2,1H3. The Bertz CT molecular complexity index is 641. The molecule has 5 heteroatoms. The zero-order valence-corrected chi connectivity index (χ0v) is 12.9. The largest absolute Gasteiger partial charge is 0.494 e. The first-order valence-electron chi connectivity index (χ1n) is 6.44. The highest BCUT2D eigenvalue weighted by Crippen LogP contribution is 2.23. The molecule has 0 radical (unpaired) electrons. The molecule has 0 fully saturated rings. The van der Waals surface area contributed by atoms with E-state index in [1.807, 2.05) is 13.0 Å². The molecule has 0 aliphatic heterocycles.